The lowest BCUT2D eigenvalue weighted by atomic mass is 10.1. The molecule has 0 amide bonds. The average molecular weight is 242 g/mol. The zero-order valence-electron chi connectivity index (χ0n) is 12.0. The molecular weight excluding hydrogens is 212 g/mol. The van der Waals surface area contributed by atoms with Gasteiger partial charge in [0.25, 0.3) is 0 Å². The highest BCUT2D eigenvalue weighted by atomic mass is 16.5. The van der Waals surface area contributed by atoms with Gasteiger partial charge in [0.1, 0.15) is 0 Å². The molecule has 0 aromatic rings. The third-order valence-corrected chi connectivity index (χ3v) is 3.95. The SMILES string of the molecule is CCNC(CC)CCCN(C)C1CCOC1C. The lowest BCUT2D eigenvalue weighted by Gasteiger charge is -2.27. The van der Waals surface area contributed by atoms with E-state index in [1.165, 1.54) is 32.2 Å². The summed E-state index contributed by atoms with van der Waals surface area (Å²) in [4.78, 5) is 2.48. The molecule has 1 fully saturated rings. The third kappa shape index (κ3) is 4.94. The van der Waals surface area contributed by atoms with Crippen molar-refractivity contribution in [3.63, 3.8) is 0 Å². The standard InChI is InChI=1S/C14H30N2O/c1-5-13(15-6-2)8-7-10-16(4)14-9-11-17-12(14)3/h12-15H,5-11H2,1-4H3. The van der Waals surface area contributed by atoms with E-state index in [2.05, 4.69) is 38.0 Å². The molecule has 1 aliphatic heterocycles. The minimum atomic E-state index is 0.413. The Morgan fingerprint density at radius 3 is 2.71 bits per heavy atom. The molecule has 3 heteroatoms. The van der Waals surface area contributed by atoms with Gasteiger partial charge in [0.2, 0.25) is 0 Å². The number of likely N-dealkylation sites (N-methyl/N-ethyl adjacent to an activating group) is 1. The van der Waals surface area contributed by atoms with Gasteiger partial charge in [-0.1, -0.05) is 13.8 Å². The smallest absolute Gasteiger partial charge is 0.0702 e. The first-order valence-corrected chi connectivity index (χ1v) is 7.24. The van der Waals surface area contributed by atoms with E-state index in [-0.39, 0.29) is 0 Å². The first kappa shape index (κ1) is 14.9. The maximum absolute atomic E-state index is 5.62. The number of ether oxygens (including phenoxy) is 1. The summed E-state index contributed by atoms with van der Waals surface area (Å²) >= 11 is 0. The first-order valence-electron chi connectivity index (χ1n) is 7.24. The molecule has 0 saturated carbocycles. The topological polar surface area (TPSA) is 24.5 Å². The van der Waals surface area contributed by atoms with Gasteiger partial charge < -0.3 is 15.0 Å². The zero-order chi connectivity index (χ0) is 12.7. The van der Waals surface area contributed by atoms with Crippen molar-refractivity contribution < 1.29 is 4.74 Å². The number of nitrogens with one attached hydrogen (secondary N) is 1. The molecule has 17 heavy (non-hydrogen) atoms. The molecule has 1 aliphatic rings. The van der Waals surface area contributed by atoms with E-state index in [1.807, 2.05) is 0 Å². The summed E-state index contributed by atoms with van der Waals surface area (Å²) in [5.41, 5.74) is 0. The van der Waals surface area contributed by atoms with Gasteiger partial charge in [-0.15, -0.1) is 0 Å². The van der Waals surface area contributed by atoms with E-state index in [4.69, 9.17) is 4.74 Å². The predicted octanol–water partition coefficient (Wildman–Crippen LogP) is 2.26. The van der Waals surface area contributed by atoms with Gasteiger partial charge in [0.05, 0.1) is 6.10 Å². The zero-order valence-corrected chi connectivity index (χ0v) is 12.0. The number of hydrogen-bond acceptors (Lipinski definition) is 3. The maximum Gasteiger partial charge on any atom is 0.0702 e. The summed E-state index contributed by atoms with van der Waals surface area (Å²) in [5.74, 6) is 0. The monoisotopic (exact) mass is 242 g/mol. The lowest BCUT2D eigenvalue weighted by molar-refractivity contribution is 0.0829. The number of rotatable bonds is 8. The quantitative estimate of drug-likeness (QED) is 0.706. The van der Waals surface area contributed by atoms with Gasteiger partial charge >= 0.3 is 0 Å². The minimum Gasteiger partial charge on any atom is -0.377 e. The molecule has 0 aromatic carbocycles. The van der Waals surface area contributed by atoms with Gasteiger partial charge in [-0.3, -0.25) is 0 Å². The normalized spacial score (nSPS) is 26.6. The van der Waals surface area contributed by atoms with Crippen molar-refractivity contribution in [3.8, 4) is 0 Å². The van der Waals surface area contributed by atoms with Crippen molar-refractivity contribution in [1.82, 2.24) is 10.2 Å². The average Bonchev–Trinajstić information content (AvgIpc) is 2.74. The minimum absolute atomic E-state index is 0.413. The largest absolute Gasteiger partial charge is 0.377 e. The molecule has 1 heterocycles. The van der Waals surface area contributed by atoms with Crippen molar-refractivity contribution in [2.45, 2.75) is 64.6 Å². The Morgan fingerprint density at radius 1 is 1.41 bits per heavy atom. The van der Waals surface area contributed by atoms with Crippen LogP contribution in [-0.4, -0.2) is 49.8 Å². The molecule has 1 rings (SSSR count). The van der Waals surface area contributed by atoms with E-state index in [0.717, 1.165) is 13.2 Å². The Morgan fingerprint density at radius 2 is 2.18 bits per heavy atom. The molecule has 102 valence electrons. The summed E-state index contributed by atoms with van der Waals surface area (Å²) in [6.45, 7) is 9.87. The second-order valence-electron chi connectivity index (χ2n) is 5.22. The van der Waals surface area contributed by atoms with Crippen LogP contribution in [-0.2, 0) is 4.74 Å². The Hall–Kier alpha value is -0.120. The first-order chi connectivity index (χ1) is 8.19. The molecule has 1 saturated heterocycles. The fourth-order valence-corrected chi connectivity index (χ4v) is 2.79. The molecule has 0 aromatic heterocycles. The molecule has 3 nitrogen and oxygen atoms in total. The van der Waals surface area contributed by atoms with Crippen LogP contribution < -0.4 is 5.32 Å². The Kier molecular flexibility index (Phi) is 7.09. The molecule has 0 bridgehead atoms. The van der Waals surface area contributed by atoms with Crippen LogP contribution in [0.1, 0.15) is 46.5 Å². The maximum atomic E-state index is 5.62. The lowest BCUT2D eigenvalue weighted by Crippen LogP contribution is -2.38. The second kappa shape index (κ2) is 8.06. The van der Waals surface area contributed by atoms with Crippen LogP contribution >= 0.6 is 0 Å². The molecule has 3 atom stereocenters. The van der Waals surface area contributed by atoms with Gasteiger partial charge in [-0.05, 0) is 52.7 Å². The van der Waals surface area contributed by atoms with Crippen LogP contribution in [0.25, 0.3) is 0 Å². The molecule has 0 spiro atoms. The molecular formula is C14H30N2O. The number of nitrogens with zero attached hydrogens (tertiary/aromatic N) is 1. The van der Waals surface area contributed by atoms with E-state index in [0.29, 0.717) is 18.2 Å². The van der Waals surface area contributed by atoms with Crippen LogP contribution in [0.2, 0.25) is 0 Å². The van der Waals surface area contributed by atoms with Crippen molar-refractivity contribution in [3.05, 3.63) is 0 Å². The van der Waals surface area contributed by atoms with Crippen molar-refractivity contribution in [2.24, 2.45) is 0 Å². The van der Waals surface area contributed by atoms with E-state index >= 15 is 0 Å². The van der Waals surface area contributed by atoms with Gasteiger partial charge in [-0.25, -0.2) is 0 Å². The molecule has 0 aliphatic carbocycles. The Balaban J connectivity index is 2.16. The highest BCUT2D eigenvalue weighted by Gasteiger charge is 2.27. The summed E-state index contributed by atoms with van der Waals surface area (Å²) in [5, 5.41) is 3.54. The van der Waals surface area contributed by atoms with Crippen molar-refractivity contribution in [1.29, 1.82) is 0 Å². The van der Waals surface area contributed by atoms with E-state index in [1.54, 1.807) is 0 Å². The van der Waals surface area contributed by atoms with Crippen LogP contribution in [0.4, 0.5) is 0 Å². The predicted molar refractivity (Wildman–Crippen MR) is 73.4 cm³/mol. The van der Waals surface area contributed by atoms with Crippen LogP contribution in [0, 0.1) is 0 Å². The second-order valence-corrected chi connectivity index (χ2v) is 5.22. The number of hydrogen-bond donors (Lipinski definition) is 1. The summed E-state index contributed by atoms with van der Waals surface area (Å²) < 4.78 is 5.62. The molecule has 3 unspecified atom stereocenters. The fraction of sp³-hybridized carbons (Fsp3) is 1.00. The highest BCUT2D eigenvalue weighted by molar-refractivity contribution is 4.80. The Labute approximate surface area is 107 Å². The van der Waals surface area contributed by atoms with E-state index < -0.39 is 0 Å². The van der Waals surface area contributed by atoms with Gasteiger partial charge in [-0.2, -0.15) is 0 Å². The van der Waals surface area contributed by atoms with Crippen LogP contribution in [0.5, 0.6) is 0 Å². The van der Waals surface area contributed by atoms with Gasteiger partial charge in [0, 0.05) is 18.7 Å². The summed E-state index contributed by atoms with van der Waals surface area (Å²) in [6.07, 6.45) is 5.42. The molecule has 1 N–H and O–H groups in total. The summed E-state index contributed by atoms with van der Waals surface area (Å²) in [6, 6.07) is 1.33. The van der Waals surface area contributed by atoms with Crippen molar-refractivity contribution >= 4 is 0 Å². The van der Waals surface area contributed by atoms with E-state index in [9.17, 15) is 0 Å². The van der Waals surface area contributed by atoms with Crippen molar-refractivity contribution in [2.75, 3.05) is 26.7 Å². The summed E-state index contributed by atoms with van der Waals surface area (Å²) in [7, 11) is 2.24. The highest BCUT2D eigenvalue weighted by Crippen LogP contribution is 2.18. The van der Waals surface area contributed by atoms with Gasteiger partial charge in [0.15, 0.2) is 0 Å². The van der Waals surface area contributed by atoms with Crippen LogP contribution in [0.15, 0.2) is 0 Å². The Bertz CT molecular complexity index is 199. The fourth-order valence-electron chi connectivity index (χ4n) is 2.79. The van der Waals surface area contributed by atoms with Crippen LogP contribution in [0.3, 0.4) is 0 Å². The molecule has 0 radical (unpaired) electrons. The third-order valence-electron chi connectivity index (χ3n) is 3.95.